The molecule has 0 fully saturated rings. The van der Waals surface area contributed by atoms with Gasteiger partial charge in [0.25, 0.3) is 0 Å². The van der Waals surface area contributed by atoms with Crippen molar-refractivity contribution in [3.05, 3.63) is 90.4 Å². The Morgan fingerprint density at radius 3 is 2.18 bits per heavy atom. The van der Waals surface area contributed by atoms with Crippen LogP contribution in [0.3, 0.4) is 0 Å². The van der Waals surface area contributed by atoms with Crippen LogP contribution in [0.5, 0.6) is 0 Å². The molecular weight excluding hydrogens is 457 g/mol. The zero-order chi connectivity index (χ0) is 24.3. The lowest BCUT2D eigenvalue weighted by atomic mass is 10.2. The Balaban J connectivity index is 1.57. The number of halogens is 1. The Morgan fingerprint density at radius 2 is 1.50 bits per heavy atom. The third-order valence-corrected chi connectivity index (χ3v) is 6.88. The fourth-order valence-electron chi connectivity index (χ4n) is 3.69. The highest BCUT2D eigenvalue weighted by atomic mass is 32.2. The standard InChI is InChI=1S/C25H22FN3O4S/c1-17(30)27-19-10-12-20(13-11-19)28-25(31)15-29-14-24(21-7-3-5-9-23(21)29)34(32,33)16-18-6-2-4-8-22(18)26/h2-14H,15-16H2,1H3,(H,27,30)(H,28,31). The summed E-state index contributed by atoms with van der Waals surface area (Å²) in [5.41, 5.74) is 1.79. The molecule has 0 saturated heterocycles. The van der Waals surface area contributed by atoms with Gasteiger partial charge in [-0.15, -0.1) is 0 Å². The second-order valence-corrected chi connectivity index (χ2v) is 9.75. The van der Waals surface area contributed by atoms with E-state index in [0.717, 1.165) is 0 Å². The van der Waals surface area contributed by atoms with Crippen molar-refractivity contribution in [3.63, 3.8) is 0 Å². The van der Waals surface area contributed by atoms with Crippen LogP contribution in [0.4, 0.5) is 15.8 Å². The molecule has 3 aromatic carbocycles. The predicted octanol–water partition coefficient (Wildman–Crippen LogP) is 4.35. The topological polar surface area (TPSA) is 97.3 Å². The molecule has 0 unspecified atom stereocenters. The van der Waals surface area contributed by atoms with Crippen molar-refractivity contribution in [2.24, 2.45) is 0 Å². The molecule has 4 rings (SSSR count). The van der Waals surface area contributed by atoms with Gasteiger partial charge < -0.3 is 15.2 Å². The van der Waals surface area contributed by atoms with E-state index in [4.69, 9.17) is 0 Å². The normalized spacial score (nSPS) is 11.4. The van der Waals surface area contributed by atoms with E-state index in [2.05, 4.69) is 10.6 Å². The molecule has 2 N–H and O–H groups in total. The fourth-order valence-corrected chi connectivity index (χ4v) is 5.28. The van der Waals surface area contributed by atoms with E-state index in [1.807, 2.05) is 0 Å². The lowest BCUT2D eigenvalue weighted by Crippen LogP contribution is -2.18. The number of amides is 2. The lowest BCUT2D eigenvalue weighted by Gasteiger charge is -2.08. The van der Waals surface area contributed by atoms with Gasteiger partial charge in [0.05, 0.1) is 10.6 Å². The molecule has 4 aromatic rings. The summed E-state index contributed by atoms with van der Waals surface area (Å²) in [4.78, 5) is 23.9. The number of carbonyl (C=O) groups excluding carboxylic acids is 2. The molecular formula is C25H22FN3O4S. The van der Waals surface area contributed by atoms with E-state index in [0.29, 0.717) is 22.3 Å². The second-order valence-electron chi connectivity index (χ2n) is 7.80. The van der Waals surface area contributed by atoms with Crippen LogP contribution in [0.1, 0.15) is 12.5 Å². The molecule has 0 bridgehead atoms. The summed E-state index contributed by atoms with van der Waals surface area (Å²) in [5, 5.41) is 5.87. The van der Waals surface area contributed by atoms with Gasteiger partial charge in [0.2, 0.25) is 11.8 Å². The van der Waals surface area contributed by atoms with Crippen molar-refractivity contribution in [1.29, 1.82) is 0 Å². The number of carbonyl (C=O) groups is 2. The number of sulfone groups is 1. The summed E-state index contributed by atoms with van der Waals surface area (Å²) in [6.45, 7) is 1.28. The number of hydrogen-bond acceptors (Lipinski definition) is 4. The quantitative estimate of drug-likeness (QED) is 0.412. The van der Waals surface area contributed by atoms with Crippen LogP contribution in [-0.2, 0) is 31.7 Å². The van der Waals surface area contributed by atoms with Crippen molar-refractivity contribution in [1.82, 2.24) is 4.57 Å². The molecule has 7 nitrogen and oxygen atoms in total. The van der Waals surface area contributed by atoms with Crippen LogP contribution in [0.15, 0.2) is 83.9 Å². The minimum absolute atomic E-state index is 0.0406. The number of nitrogens with one attached hydrogen (secondary N) is 2. The molecule has 0 atom stereocenters. The van der Waals surface area contributed by atoms with Gasteiger partial charge in [-0.3, -0.25) is 9.59 Å². The zero-order valence-electron chi connectivity index (χ0n) is 18.3. The smallest absolute Gasteiger partial charge is 0.244 e. The molecule has 9 heteroatoms. The molecule has 174 valence electrons. The number of benzene rings is 3. The monoisotopic (exact) mass is 479 g/mol. The highest BCUT2D eigenvalue weighted by Gasteiger charge is 2.23. The molecule has 34 heavy (non-hydrogen) atoms. The molecule has 0 aliphatic rings. The van der Waals surface area contributed by atoms with E-state index in [1.165, 1.54) is 31.3 Å². The van der Waals surface area contributed by atoms with Gasteiger partial charge in [0.15, 0.2) is 9.84 Å². The molecule has 1 heterocycles. The minimum atomic E-state index is -3.88. The van der Waals surface area contributed by atoms with Crippen molar-refractivity contribution in [2.75, 3.05) is 10.6 Å². The first-order chi connectivity index (χ1) is 16.2. The molecule has 0 saturated carbocycles. The van der Waals surface area contributed by atoms with E-state index in [1.54, 1.807) is 59.2 Å². The summed E-state index contributed by atoms with van der Waals surface area (Å²) >= 11 is 0. The Hall–Kier alpha value is -3.98. The Kier molecular flexibility index (Phi) is 6.47. The minimum Gasteiger partial charge on any atom is -0.337 e. The molecule has 0 spiro atoms. The largest absolute Gasteiger partial charge is 0.337 e. The summed E-state index contributed by atoms with van der Waals surface area (Å²) in [6, 6.07) is 19.3. The number of hydrogen-bond donors (Lipinski definition) is 2. The van der Waals surface area contributed by atoms with Gasteiger partial charge in [0, 0.05) is 41.0 Å². The third-order valence-electron chi connectivity index (χ3n) is 5.19. The first-order valence-corrected chi connectivity index (χ1v) is 12.1. The number of anilines is 2. The average Bonchev–Trinajstić information content (AvgIpc) is 3.16. The van der Waals surface area contributed by atoms with Crippen LogP contribution in [-0.4, -0.2) is 24.8 Å². The Bertz CT molecular complexity index is 1480. The molecule has 0 radical (unpaired) electrons. The number of aromatic nitrogens is 1. The second kappa shape index (κ2) is 9.48. The fraction of sp³-hybridized carbons (Fsp3) is 0.120. The maximum absolute atomic E-state index is 14.1. The van der Waals surface area contributed by atoms with Crippen molar-refractivity contribution in [3.8, 4) is 0 Å². The third kappa shape index (κ3) is 5.15. The van der Waals surface area contributed by atoms with Crippen molar-refractivity contribution in [2.45, 2.75) is 24.1 Å². The van der Waals surface area contributed by atoms with Crippen LogP contribution in [0.2, 0.25) is 0 Å². The number of nitrogens with zero attached hydrogens (tertiary/aromatic N) is 1. The molecule has 0 aliphatic heterocycles. The highest BCUT2D eigenvalue weighted by molar-refractivity contribution is 7.90. The summed E-state index contributed by atoms with van der Waals surface area (Å²) in [6.07, 6.45) is 1.42. The van der Waals surface area contributed by atoms with Gasteiger partial charge in [-0.05, 0) is 36.4 Å². The van der Waals surface area contributed by atoms with Crippen LogP contribution in [0.25, 0.3) is 10.9 Å². The van der Waals surface area contributed by atoms with Gasteiger partial charge in [-0.2, -0.15) is 0 Å². The summed E-state index contributed by atoms with van der Waals surface area (Å²) in [7, 11) is -3.88. The van der Waals surface area contributed by atoms with E-state index < -0.39 is 21.4 Å². The first kappa shape index (κ1) is 23.2. The summed E-state index contributed by atoms with van der Waals surface area (Å²) in [5.74, 6) is -1.62. The number of fused-ring (bicyclic) bond motifs is 1. The van der Waals surface area contributed by atoms with Crippen molar-refractivity contribution < 1.29 is 22.4 Å². The highest BCUT2D eigenvalue weighted by Crippen LogP contribution is 2.28. The molecule has 1 aromatic heterocycles. The van der Waals surface area contributed by atoms with Gasteiger partial charge in [0.1, 0.15) is 12.4 Å². The van der Waals surface area contributed by atoms with Gasteiger partial charge in [-0.1, -0.05) is 36.4 Å². The summed E-state index contributed by atoms with van der Waals surface area (Å²) < 4.78 is 41.9. The SMILES string of the molecule is CC(=O)Nc1ccc(NC(=O)Cn2cc(S(=O)(=O)Cc3ccccc3F)c3ccccc32)cc1. The maximum atomic E-state index is 14.1. The Labute approximate surface area is 196 Å². The van der Waals surface area contributed by atoms with Gasteiger partial charge >= 0.3 is 0 Å². The van der Waals surface area contributed by atoms with Crippen LogP contribution >= 0.6 is 0 Å². The number of rotatable bonds is 7. The lowest BCUT2D eigenvalue weighted by molar-refractivity contribution is -0.116. The van der Waals surface area contributed by atoms with E-state index in [9.17, 15) is 22.4 Å². The average molecular weight is 480 g/mol. The zero-order valence-corrected chi connectivity index (χ0v) is 19.1. The molecule has 2 amide bonds. The van der Waals surface area contributed by atoms with E-state index in [-0.39, 0.29) is 28.8 Å². The van der Waals surface area contributed by atoms with Gasteiger partial charge in [-0.25, -0.2) is 12.8 Å². The maximum Gasteiger partial charge on any atom is 0.244 e. The number of para-hydroxylation sites is 1. The van der Waals surface area contributed by atoms with Crippen molar-refractivity contribution >= 4 is 43.9 Å². The molecule has 0 aliphatic carbocycles. The van der Waals surface area contributed by atoms with Crippen LogP contribution in [0, 0.1) is 5.82 Å². The Morgan fingerprint density at radius 1 is 0.882 bits per heavy atom. The first-order valence-electron chi connectivity index (χ1n) is 10.4. The van der Waals surface area contributed by atoms with Crippen LogP contribution < -0.4 is 10.6 Å². The predicted molar refractivity (Wildman–Crippen MR) is 129 cm³/mol. The van der Waals surface area contributed by atoms with E-state index >= 15 is 0 Å².